The fourth-order valence-electron chi connectivity index (χ4n) is 8.29. The van der Waals surface area contributed by atoms with Gasteiger partial charge in [-0.3, -0.25) is 9.56 Å². The predicted octanol–water partition coefficient (Wildman–Crippen LogP) is 11.1. The number of allylic oxidation sites excluding steroid dienone is 1. The van der Waals surface area contributed by atoms with Crippen molar-refractivity contribution < 1.29 is 0 Å². The topological polar surface area (TPSA) is 43.1 Å². The number of para-hydroxylation sites is 1. The van der Waals surface area contributed by atoms with E-state index in [1.807, 2.05) is 0 Å². The molecule has 0 N–H and O–H groups in total. The summed E-state index contributed by atoms with van der Waals surface area (Å²) in [5.41, 5.74) is 13.5. The van der Waals surface area contributed by atoms with Gasteiger partial charge in [0.2, 0.25) is 5.95 Å². The Morgan fingerprint density at radius 1 is 0.620 bits per heavy atom. The molecule has 0 radical (unpaired) electrons. The number of benzene rings is 6. The average Bonchev–Trinajstić information content (AvgIpc) is 3.51. The average molecular weight is 643 g/mol. The number of aliphatic imine (C=N–C) groups is 1. The van der Waals surface area contributed by atoms with Gasteiger partial charge in [0, 0.05) is 45.2 Å². The monoisotopic (exact) mass is 642 g/mol. The molecule has 1 aliphatic heterocycles. The lowest BCUT2D eigenvalue weighted by molar-refractivity contribution is 0.643. The Hall–Kier alpha value is -6.13. The van der Waals surface area contributed by atoms with E-state index in [9.17, 15) is 0 Å². The first-order chi connectivity index (χ1) is 24.5. The van der Waals surface area contributed by atoms with Crippen molar-refractivity contribution in [2.75, 3.05) is 0 Å². The molecule has 3 heterocycles. The highest BCUT2D eigenvalue weighted by Crippen LogP contribution is 2.48. The van der Waals surface area contributed by atoms with Crippen molar-refractivity contribution in [2.45, 2.75) is 31.6 Å². The largest absolute Gasteiger partial charge is 0.278 e. The second-order valence-corrected chi connectivity index (χ2v) is 14.0. The van der Waals surface area contributed by atoms with Gasteiger partial charge >= 0.3 is 0 Å². The lowest BCUT2D eigenvalue weighted by Crippen LogP contribution is -2.24. The first kappa shape index (κ1) is 28.8. The number of hydrogen-bond donors (Lipinski definition) is 0. The maximum atomic E-state index is 5.41. The van der Waals surface area contributed by atoms with E-state index in [1.54, 1.807) is 0 Å². The SMILES string of the molecule is CC1(C)c2ccccc2-c2nc(-n3c4ccccc4c4cc(C5C=C(c6ccccc6)N=C(c6ccccc6)C5)ccc43)nc3cccc1c23. The van der Waals surface area contributed by atoms with Crippen LogP contribution in [0.4, 0.5) is 0 Å². The van der Waals surface area contributed by atoms with Gasteiger partial charge in [0.1, 0.15) is 0 Å². The van der Waals surface area contributed by atoms with E-state index in [1.165, 1.54) is 38.6 Å². The number of fused-ring (bicyclic) bond motifs is 5. The van der Waals surface area contributed by atoms with Crippen LogP contribution < -0.4 is 0 Å². The van der Waals surface area contributed by atoms with Crippen LogP contribution in [0.1, 0.15) is 54.0 Å². The molecule has 4 heteroatoms. The third-order valence-corrected chi connectivity index (χ3v) is 10.8. The molecule has 1 unspecified atom stereocenters. The molecule has 6 aromatic carbocycles. The summed E-state index contributed by atoms with van der Waals surface area (Å²) in [6.45, 7) is 4.61. The Morgan fingerprint density at radius 3 is 2.16 bits per heavy atom. The number of nitrogens with zero attached hydrogens (tertiary/aromatic N) is 4. The molecule has 2 aliphatic rings. The van der Waals surface area contributed by atoms with Gasteiger partial charge in [0.15, 0.2) is 0 Å². The molecule has 0 saturated carbocycles. The van der Waals surface area contributed by atoms with Crippen LogP contribution in [0.3, 0.4) is 0 Å². The molecule has 4 nitrogen and oxygen atoms in total. The Labute approximate surface area is 291 Å². The van der Waals surface area contributed by atoms with E-state index < -0.39 is 0 Å². The molecule has 238 valence electrons. The maximum Gasteiger partial charge on any atom is 0.235 e. The highest BCUT2D eigenvalue weighted by atomic mass is 15.2. The third-order valence-electron chi connectivity index (χ3n) is 10.8. The number of hydrogen-bond acceptors (Lipinski definition) is 3. The molecule has 0 amide bonds. The van der Waals surface area contributed by atoms with Gasteiger partial charge < -0.3 is 0 Å². The summed E-state index contributed by atoms with van der Waals surface area (Å²) < 4.78 is 2.25. The minimum Gasteiger partial charge on any atom is -0.278 e. The molecule has 0 spiro atoms. The molecular formula is C46H34N4. The Balaban J connectivity index is 1.16. The van der Waals surface area contributed by atoms with Crippen molar-refractivity contribution in [1.29, 1.82) is 0 Å². The van der Waals surface area contributed by atoms with E-state index in [-0.39, 0.29) is 11.3 Å². The van der Waals surface area contributed by atoms with Gasteiger partial charge in [0.05, 0.1) is 27.9 Å². The maximum absolute atomic E-state index is 5.41. The van der Waals surface area contributed by atoms with Crippen molar-refractivity contribution in [1.82, 2.24) is 14.5 Å². The van der Waals surface area contributed by atoms with Crippen LogP contribution >= 0.6 is 0 Å². The summed E-state index contributed by atoms with van der Waals surface area (Å²) in [6, 6.07) is 51.9. The number of aromatic nitrogens is 3. The first-order valence-corrected chi connectivity index (χ1v) is 17.4. The van der Waals surface area contributed by atoms with E-state index >= 15 is 0 Å². The van der Waals surface area contributed by atoms with Crippen LogP contribution in [0.25, 0.3) is 55.6 Å². The summed E-state index contributed by atoms with van der Waals surface area (Å²) in [5.74, 6) is 0.865. The standard InChI is InChI=1S/C46H34N4/c1-46(2)36-20-11-9-19-34(36)44-43-37(46)21-13-22-38(43)48-45(49-44)50-41-23-12-10-18-33(41)35-26-31(24-25-42(35)50)32-27-39(29-14-5-3-6-15-29)47-40(28-32)30-16-7-4-8-17-30/h3-27,32H,28H2,1-2H3. The molecule has 1 atom stereocenters. The molecule has 2 aromatic heterocycles. The zero-order chi connectivity index (χ0) is 33.4. The van der Waals surface area contributed by atoms with Crippen LogP contribution in [0.15, 0.2) is 157 Å². The molecule has 1 aliphatic carbocycles. The van der Waals surface area contributed by atoms with Crippen LogP contribution in [-0.4, -0.2) is 20.2 Å². The number of rotatable bonds is 4. The van der Waals surface area contributed by atoms with Gasteiger partial charge in [-0.1, -0.05) is 141 Å². The van der Waals surface area contributed by atoms with Gasteiger partial charge in [-0.2, -0.15) is 0 Å². The minimum absolute atomic E-state index is 0.143. The van der Waals surface area contributed by atoms with Crippen LogP contribution in [-0.2, 0) is 5.41 Å². The molecule has 50 heavy (non-hydrogen) atoms. The van der Waals surface area contributed by atoms with Crippen LogP contribution in [0, 0.1) is 0 Å². The quantitative estimate of drug-likeness (QED) is 0.192. The van der Waals surface area contributed by atoms with E-state index in [0.717, 1.165) is 51.0 Å². The summed E-state index contributed by atoms with van der Waals surface area (Å²) >= 11 is 0. The van der Waals surface area contributed by atoms with E-state index in [0.29, 0.717) is 5.95 Å². The Bertz CT molecular complexity index is 2700. The first-order valence-electron chi connectivity index (χ1n) is 17.4. The summed E-state index contributed by atoms with van der Waals surface area (Å²) in [7, 11) is 0. The summed E-state index contributed by atoms with van der Waals surface area (Å²) in [6.07, 6.45) is 3.18. The molecule has 10 rings (SSSR count). The zero-order valence-electron chi connectivity index (χ0n) is 28.0. The van der Waals surface area contributed by atoms with Gasteiger partial charge in [-0.25, -0.2) is 9.97 Å². The minimum atomic E-state index is -0.143. The van der Waals surface area contributed by atoms with Gasteiger partial charge in [0.25, 0.3) is 0 Å². The second-order valence-electron chi connectivity index (χ2n) is 14.0. The predicted molar refractivity (Wildman–Crippen MR) is 206 cm³/mol. The second kappa shape index (κ2) is 10.9. The smallest absolute Gasteiger partial charge is 0.235 e. The Kier molecular flexibility index (Phi) is 6.31. The molecule has 0 saturated heterocycles. The lowest BCUT2D eigenvalue weighted by Gasteiger charge is -2.34. The molecule has 0 bridgehead atoms. The normalized spacial score (nSPS) is 16.3. The van der Waals surface area contributed by atoms with E-state index in [4.69, 9.17) is 15.0 Å². The third kappa shape index (κ3) is 4.35. The Morgan fingerprint density at radius 2 is 1.32 bits per heavy atom. The fraction of sp³-hybridized carbons (Fsp3) is 0.109. The molecular weight excluding hydrogens is 609 g/mol. The fourth-order valence-corrected chi connectivity index (χ4v) is 8.29. The van der Waals surface area contributed by atoms with Crippen molar-refractivity contribution in [3.05, 3.63) is 179 Å². The summed E-state index contributed by atoms with van der Waals surface area (Å²) in [4.78, 5) is 15.9. The van der Waals surface area contributed by atoms with Gasteiger partial charge in [-0.05, 0) is 52.1 Å². The van der Waals surface area contributed by atoms with Crippen LogP contribution in [0.2, 0.25) is 0 Å². The van der Waals surface area contributed by atoms with Crippen molar-refractivity contribution >= 4 is 44.1 Å². The van der Waals surface area contributed by atoms with Crippen molar-refractivity contribution in [3.8, 4) is 17.2 Å². The summed E-state index contributed by atoms with van der Waals surface area (Å²) in [5, 5.41) is 3.54. The van der Waals surface area contributed by atoms with Crippen LogP contribution in [0.5, 0.6) is 0 Å². The van der Waals surface area contributed by atoms with Gasteiger partial charge in [-0.15, -0.1) is 0 Å². The molecule has 0 fully saturated rings. The highest BCUT2D eigenvalue weighted by molar-refractivity contribution is 6.10. The van der Waals surface area contributed by atoms with Crippen molar-refractivity contribution in [3.63, 3.8) is 0 Å². The lowest BCUT2D eigenvalue weighted by atomic mass is 9.70. The van der Waals surface area contributed by atoms with E-state index in [2.05, 4.69) is 170 Å². The highest BCUT2D eigenvalue weighted by Gasteiger charge is 2.35. The van der Waals surface area contributed by atoms with Crippen molar-refractivity contribution in [2.24, 2.45) is 4.99 Å². The molecule has 8 aromatic rings. The zero-order valence-corrected chi connectivity index (χ0v) is 28.0.